The van der Waals surface area contributed by atoms with Crippen LogP contribution in [-0.4, -0.2) is 35.4 Å². The van der Waals surface area contributed by atoms with Gasteiger partial charge in [-0.15, -0.1) is 0 Å². The maximum Gasteiger partial charge on any atom is 0.277 e. The van der Waals surface area contributed by atoms with Gasteiger partial charge in [-0.1, -0.05) is 18.2 Å². The molecule has 7 nitrogen and oxygen atoms in total. The van der Waals surface area contributed by atoms with Gasteiger partial charge in [-0.05, 0) is 31.2 Å². The topological polar surface area (TPSA) is 73.0 Å². The van der Waals surface area contributed by atoms with E-state index in [1.807, 2.05) is 37.4 Å². The molecule has 0 bridgehead atoms. The largest absolute Gasteiger partial charge is 0.454 e. The number of aromatic amines is 1. The molecule has 1 aromatic heterocycles. The summed E-state index contributed by atoms with van der Waals surface area (Å²) in [6, 6.07) is 13.0. The van der Waals surface area contributed by atoms with E-state index >= 15 is 0 Å². The van der Waals surface area contributed by atoms with E-state index in [9.17, 15) is 4.79 Å². The quantitative estimate of drug-likeness (QED) is 0.753. The van der Waals surface area contributed by atoms with Crippen molar-refractivity contribution in [1.82, 2.24) is 10.0 Å². The molecule has 0 aliphatic carbocycles. The highest BCUT2D eigenvalue weighted by Crippen LogP contribution is 2.35. The van der Waals surface area contributed by atoms with Gasteiger partial charge in [0.25, 0.3) is 5.91 Å². The Bertz CT molecular complexity index is 1010. The molecular formula is C20H18N2O5. The third kappa shape index (κ3) is 2.81. The average Bonchev–Trinajstić information content (AvgIpc) is 3.33. The number of benzene rings is 2. The number of carbonyl (C=O) groups excluding carboxylic acids is 1. The Morgan fingerprint density at radius 1 is 1.15 bits per heavy atom. The van der Waals surface area contributed by atoms with Crippen LogP contribution in [-0.2, 0) is 9.57 Å². The Kier molecular flexibility index (Phi) is 3.77. The molecule has 3 aromatic rings. The highest BCUT2D eigenvalue weighted by molar-refractivity contribution is 5.94. The van der Waals surface area contributed by atoms with Crippen molar-refractivity contribution < 1.29 is 23.8 Å². The average molecular weight is 366 g/mol. The van der Waals surface area contributed by atoms with Crippen LogP contribution < -0.4 is 9.47 Å². The third-order valence-corrected chi connectivity index (χ3v) is 4.72. The van der Waals surface area contributed by atoms with Gasteiger partial charge < -0.3 is 19.2 Å². The van der Waals surface area contributed by atoms with Gasteiger partial charge >= 0.3 is 0 Å². The van der Waals surface area contributed by atoms with Gasteiger partial charge in [0.05, 0.1) is 12.6 Å². The number of H-pyrrole nitrogens is 1. The predicted octanol–water partition coefficient (Wildman–Crippen LogP) is 3.39. The van der Waals surface area contributed by atoms with E-state index in [1.54, 1.807) is 18.2 Å². The molecule has 3 heterocycles. The molecule has 1 fully saturated rings. The second kappa shape index (κ2) is 6.29. The summed E-state index contributed by atoms with van der Waals surface area (Å²) in [5.74, 6) is 0.961. The molecule has 2 aromatic carbocycles. The second-order valence-electron chi connectivity index (χ2n) is 6.61. The van der Waals surface area contributed by atoms with Gasteiger partial charge in [-0.25, -0.2) is 9.90 Å². The first-order valence-electron chi connectivity index (χ1n) is 8.79. The fourth-order valence-electron chi connectivity index (χ4n) is 3.39. The van der Waals surface area contributed by atoms with Crippen molar-refractivity contribution in [3.05, 3.63) is 59.8 Å². The van der Waals surface area contributed by atoms with Gasteiger partial charge in [0.1, 0.15) is 0 Å². The van der Waals surface area contributed by atoms with Crippen LogP contribution in [0.3, 0.4) is 0 Å². The standard InChI is InChI=1S/C20H18N2O5/c1-12-10-22(19(23)13-6-7-17-18(8-13)25-11-24-17)27-20(26-12)15-9-21-16-5-3-2-4-14(15)16/h2-9,12,20-21H,10-11H2,1H3/t12-,20-/m0/s1. The van der Waals surface area contributed by atoms with Gasteiger partial charge in [0.2, 0.25) is 13.1 Å². The van der Waals surface area contributed by atoms with Crippen LogP contribution >= 0.6 is 0 Å². The molecule has 7 heteroatoms. The zero-order valence-corrected chi connectivity index (χ0v) is 14.7. The zero-order chi connectivity index (χ0) is 18.4. The summed E-state index contributed by atoms with van der Waals surface area (Å²) in [4.78, 5) is 22.1. The van der Waals surface area contributed by atoms with E-state index in [-0.39, 0.29) is 18.8 Å². The Morgan fingerprint density at radius 2 is 2.00 bits per heavy atom. The molecular weight excluding hydrogens is 348 g/mol. The Hall–Kier alpha value is -3.03. The molecule has 1 amide bonds. The molecule has 0 unspecified atom stereocenters. The number of ether oxygens (including phenoxy) is 3. The Morgan fingerprint density at radius 3 is 2.93 bits per heavy atom. The number of hydroxylamine groups is 2. The van der Waals surface area contributed by atoms with E-state index < -0.39 is 6.29 Å². The highest BCUT2D eigenvalue weighted by Gasteiger charge is 2.33. The lowest BCUT2D eigenvalue weighted by atomic mass is 10.1. The highest BCUT2D eigenvalue weighted by atomic mass is 16.8. The van der Waals surface area contributed by atoms with Crippen molar-refractivity contribution in [1.29, 1.82) is 0 Å². The SMILES string of the molecule is C[C@H]1CN(C(=O)c2ccc3c(c2)OCO3)O[C@@H](c2c[nH]c3ccccc23)O1. The van der Waals surface area contributed by atoms with Crippen molar-refractivity contribution in [2.24, 2.45) is 0 Å². The molecule has 5 rings (SSSR count). The van der Waals surface area contributed by atoms with Crippen LogP contribution in [0, 0.1) is 0 Å². The number of hydrogen-bond acceptors (Lipinski definition) is 5. The first-order chi connectivity index (χ1) is 13.2. The van der Waals surface area contributed by atoms with Crippen molar-refractivity contribution in [3.8, 4) is 11.5 Å². The van der Waals surface area contributed by atoms with E-state index in [4.69, 9.17) is 19.0 Å². The van der Waals surface area contributed by atoms with E-state index in [0.29, 0.717) is 23.6 Å². The predicted molar refractivity (Wildman–Crippen MR) is 96.3 cm³/mol. The summed E-state index contributed by atoms with van der Waals surface area (Å²) in [5.41, 5.74) is 2.33. The number of fused-ring (bicyclic) bond motifs is 2. The molecule has 0 saturated carbocycles. The van der Waals surface area contributed by atoms with Crippen LogP contribution in [0.2, 0.25) is 0 Å². The Balaban J connectivity index is 1.42. The first-order valence-corrected chi connectivity index (χ1v) is 8.79. The van der Waals surface area contributed by atoms with Crippen LogP contribution in [0.15, 0.2) is 48.7 Å². The minimum atomic E-state index is -0.664. The number of rotatable bonds is 2. The second-order valence-corrected chi connectivity index (χ2v) is 6.61. The fraction of sp³-hybridized carbons (Fsp3) is 0.250. The van der Waals surface area contributed by atoms with E-state index in [1.165, 1.54) is 5.06 Å². The lowest BCUT2D eigenvalue weighted by Crippen LogP contribution is -2.44. The summed E-state index contributed by atoms with van der Waals surface area (Å²) < 4.78 is 16.6. The fourth-order valence-corrected chi connectivity index (χ4v) is 3.39. The number of nitrogens with zero attached hydrogens (tertiary/aromatic N) is 1. The summed E-state index contributed by atoms with van der Waals surface area (Å²) >= 11 is 0. The van der Waals surface area contributed by atoms with E-state index in [0.717, 1.165) is 16.5 Å². The molecule has 2 atom stereocenters. The first kappa shape index (κ1) is 16.2. The molecule has 1 saturated heterocycles. The number of amides is 1. The smallest absolute Gasteiger partial charge is 0.277 e. The van der Waals surface area contributed by atoms with Crippen molar-refractivity contribution in [2.75, 3.05) is 13.3 Å². The number of hydrogen-bond donors (Lipinski definition) is 1. The van der Waals surface area contributed by atoms with Crippen LogP contribution in [0.5, 0.6) is 11.5 Å². The molecule has 138 valence electrons. The number of para-hydroxylation sites is 1. The van der Waals surface area contributed by atoms with Gasteiger partial charge in [0, 0.05) is 28.2 Å². The van der Waals surface area contributed by atoms with Crippen molar-refractivity contribution >= 4 is 16.8 Å². The van der Waals surface area contributed by atoms with Gasteiger partial charge in [-0.3, -0.25) is 4.79 Å². The minimum Gasteiger partial charge on any atom is -0.454 e. The molecule has 2 aliphatic heterocycles. The van der Waals surface area contributed by atoms with Crippen molar-refractivity contribution in [3.63, 3.8) is 0 Å². The molecule has 1 N–H and O–H groups in total. The zero-order valence-electron chi connectivity index (χ0n) is 14.7. The number of nitrogens with one attached hydrogen (secondary N) is 1. The molecule has 2 aliphatic rings. The molecule has 0 spiro atoms. The lowest BCUT2D eigenvalue weighted by Gasteiger charge is -2.35. The van der Waals surface area contributed by atoms with Gasteiger partial charge in [0.15, 0.2) is 11.5 Å². The van der Waals surface area contributed by atoms with Crippen LogP contribution in [0.1, 0.15) is 29.1 Å². The maximum atomic E-state index is 13.0. The minimum absolute atomic E-state index is 0.167. The molecule has 27 heavy (non-hydrogen) atoms. The van der Waals surface area contributed by atoms with Crippen molar-refractivity contribution in [2.45, 2.75) is 19.3 Å². The summed E-state index contributed by atoms with van der Waals surface area (Å²) in [5, 5.41) is 2.37. The van der Waals surface area contributed by atoms with Crippen LogP contribution in [0.4, 0.5) is 0 Å². The Labute approximate surface area is 155 Å². The summed E-state index contributed by atoms with van der Waals surface area (Å²) in [7, 11) is 0. The summed E-state index contributed by atoms with van der Waals surface area (Å²) in [6.07, 6.45) is 1.02. The lowest BCUT2D eigenvalue weighted by molar-refractivity contribution is -0.319. The van der Waals surface area contributed by atoms with E-state index in [2.05, 4.69) is 4.98 Å². The monoisotopic (exact) mass is 366 g/mol. The maximum absolute atomic E-state index is 13.0. The summed E-state index contributed by atoms with van der Waals surface area (Å²) in [6.45, 7) is 2.43. The van der Waals surface area contributed by atoms with Gasteiger partial charge in [-0.2, -0.15) is 0 Å². The number of carbonyl (C=O) groups is 1. The number of aromatic nitrogens is 1. The van der Waals surface area contributed by atoms with Crippen LogP contribution in [0.25, 0.3) is 10.9 Å². The third-order valence-electron chi connectivity index (χ3n) is 4.72. The normalized spacial score (nSPS) is 21.6. The molecule has 0 radical (unpaired) electrons.